The molecule has 1 saturated heterocycles. The van der Waals surface area contributed by atoms with Gasteiger partial charge in [-0.1, -0.05) is 13.8 Å². The van der Waals surface area contributed by atoms with Gasteiger partial charge in [-0.15, -0.1) is 0 Å². The van der Waals surface area contributed by atoms with E-state index >= 15 is 0 Å². The number of carbonyl (C=O) groups is 4. The standard InChI is InChI=1S/C19H35N5O5S/c1-11(2)15(23-16(25)12(21)10-30)18(27)24-9-5-7-14(24)17(26)22-13(19(28)29)6-3-4-8-20/h11-15,30H,3-10,20-21H2,1-2H3,(H,22,26)(H,23,25)(H,28,29). The second-order valence-corrected chi connectivity index (χ2v) is 8.26. The van der Waals surface area contributed by atoms with Gasteiger partial charge < -0.3 is 32.1 Å². The lowest BCUT2D eigenvalue weighted by atomic mass is 10.0. The summed E-state index contributed by atoms with van der Waals surface area (Å²) in [7, 11) is 0. The molecule has 0 aromatic rings. The minimum Gasteiger partial charge on any atom is -0.480 e. The Bertz CT molecular complexity index is 618. The Morgan fingerprint density at radius 3 is 2.40 bits per heavy atom. The molecule has 11 heteroatoms. The first-order valence-corrected chi connectivity index (χ1v) is 11.0. The van der Waals surface area contributed by atoms with E-state index in [4.69, 9.17) is 11.5 Å². The van der Waals surface area contributed by atoms with Crippen molar-refractivity contribution in [1.29, 1.82) is 0 Å². The van der Waals surface area contributed by atoms with E-state index in [-0.39, 0.29) is 24.0 Å². The number of carbonyl (C=O) groups excluding carboxylic acids is 3. The average molecular weight is 446 g/mol. The van der Waals surface area contributed by atoms with E-state index in [2.05, 4.69) is 23.3 Å². The van der Waals surface area contributed by atoms with Crippen LogP contribution in [-0.2, 0) is 19.2 Å². The van der Waals surface area contributed by atoms with E-state index < -0.39 is 42.0 Å². The Kier molecular flexibility index (Phi) is 11.1. The molecule has 172 valence electrons. The molecule has 0 aliphatic carbocycles. The Balaban J connectivity index is 2.86. The zero-order valence-electron chi connectivity index (χ0n) is 17.7. The zero-order valence-corrected chi connectivity index (χ0v) is 18.6. The van der Waals surface area contributed by atoms with Crippen molar-refractivity contribution in [1.82, 2.24) is 15.5 Å². The number of amides is 3. The molecule has 4 unspecified atom stereocenters. The summed E-state index contributed by atoms with van der Waals surface area (Å²) in [6.45, 7) is 4.39. The summed E-state index contributed by atoms with van der Waals surface area (Å²) in [5.41, 5.74) is 11.1. The number of carboxylic acid groups (broad SMARTS) is 1. The van der Waals surface area contributed by atoms with E-state index in [0.717, 1.165) is 0 Å². The molecule has 0 aromatic carbocycles. The second-order valence-electron chi connectivity index (χ2n) is 7.89. The van der Waals surface area contributed by atoms with Gasteiger partial charge in [0.05, 0.1) is 6.04 Å². The maximum atomic E-state index is 13.1. The number of aliphatic carboxylic acids is 1. The third-order valence-electron chi connectivity index (χ3n) is 5.16. The van der Waals surface area contributed by atoms with Gasteiger partial charge in [-0.2, -0.15) is 12.6 Å². The van der Waals surface area contributed by atoms with E-state index in [1.54, 1.807) is 13.8 Å². The van der Waals surface area contributed by atoms with Crippen LogP contribution in [0.25, 0.3) is 0 Å². The fourth-order valence-corrected chi connectivity index (χ4v) is 3.52. The summed E-state index contributed by atoms with van der Waals surface area (Å²) < 4.78 is 0. The van der Waals surface area contributed by atoms with Crippen molar-refractivity contribution in [2.45, 2.75) is 70.1 Å². The van der Waals surface area contributed by atoms with Gasteiger partial charge in [-0.3, -0.25) is 14.4 Å². The lowest BCUT2D eigenvalue weighted by molar-refractivity contribution is -0.145. The highest BCUT2D eigenvalue weighted by Gasteiger charge is 2.39. The highest BCUT2D eigenvalue weighted by Crippen LogP contribution is 2.21. The number of carboxylic acids is 1. The molecule has 1 rings (SSSR count). The Hall–Kier alpha value is -1.85. The lowest BCUT2D eigenvalue weighted by Crippen LogP contribution is -2.58. The van der Waals surface area contributed by atoms with Crippen molar-refractivity contribution >= 4 is 36.3 Å². The Morgan fingerprint density at radius 2 is 1.87 bits per heavy atom. The monoisotopic (exact) mass is 445 g/mol. The zero-order chi connectivity index (χ0) is 22.8. The molecule has 1 heterocycles. The number of nitrogens with one attached hydrogen (secondary N) is 2. The topological polar surface area (TPSA) is 168 Å². The summed E-state index contributed by atoms with van der Waals surface area (Å²) in [5, 5.41) is 14.6. The van der Waals surface area contributed by atoms with Crippen LogP contribution in [0, 0.1) is 5.92 Å². The Labute approximate surface area is 182 Å². The summed E-state index contributed by atoms with van der Waals surface area (Å²) in [5.74, 6) is -2.56. The smallest absolute Gasteiger partial charge is 0.326 e. The molecular formula is C19H35N5O5S. The van der Waals surface area contributed by atoms with E-state index in [0.29, 0.717) is 38.8 Å². The van der Waals surface area contributed by atoms with Crippen molar-refractivity contribution in [2.24, 2.45) is 17.4 Å². The molecule has 0 aromatic heterocycles. The molecule has 1 fully saturated rings. The van der Waals surface area contributed by atoms with Crippen LogP contribution in [0.5, 0.6) is 0 Å². The van der Waals surface area contributed by atoms with Gasteiger partial charge in [0.2, 0.25) is 17.7 Å². The Morgan fingerprint density at radius 1 is 1.20 bits per heavy atom. The molecule has 0 bridgehead atoms. The fraction of sp³-hybridized carbons (Fsp3) is 0.789. The van der Waals surface area contributed by atoms with Crippen molar-refractivity contribution in [3.05, 3.63) is 0 Å². The number of thiol groups is 1. The molecule has 1 aliphatic rings. The van der Waals surface area contributed by atoms with E-state index in [1.807, 2.05) is 0 Å². The van der Waals surface area contributed by atoms with Gasteiger partial charge in [0, 0.05) is 12.3 Å². The number of hydrogen-bond acceptors (Lipinski definition) is 7. The summed E-state index contributed by atoms with van der Waals surface area (Å²) in [4.78, 5) is 50.9. The predicted molar refractivity (Wildman–Crippen MR) is 116 cm³/mol. The van der Waals surface area contributed by atoms with Crippen LogP contribution in [0.4, 0.5) is 0 Å². The summed E-state index contributed by atoms with van der Waals surface area (Å²) in [6, 6.07) is -3.48. The van der Waals surface area contributed by atoms with Gasteiger partial charge in [0.1, 0.15) is 18.1 Å². The number of rotatable bonds is 12. The summed E-state index contributed by atoms with van der Waals surface area (Å²) >= 11 is 4.00. The number of nitrogens with two attached hydrogens (primary N) is 2. The average Bonchev–Trinajstić information content (AvgIpc) is 3.19. The first-order chi connectivity index (χ1) is 14.1. The van der Waals surface area contributed by atoms with Crippen molar-refractivity contribution in [3.63, 3.8) is 0 Å². The molecule has 10 nitrogen and oxygen atoms in total. The maximum Gasteiger partial charge on any atom is 0.326 e. The molecule has 3 amide bonds. The molecule has 0 radical (unpaired) electrons. The number of nitrogens with zero attached hydrogens (tertiary/aromatic N) is 1. The molecule has 0 spiro atoms. The third-order valence-corrected chi connectivity index (χ3v) is 5.56. The van der Waals surface area contributed by atoms with Gasteiger partial charge >= 0.3 is 5.97 Å². The minimum atomic E-state index is -1.12. The van der Waals surface area contributed by atoms with Gasteiger partial charge in [0.15, 0.2) is 0 Å². The summed E-state index contributed by atoms with van der Waals surface area (Å²) in [6.07, 6.45) is 2.56. The second kappa shape index (κ2) is 12.8. The van der Waals surface area contributed by atoms with Crippen LogP contribution in [0.2, 0.25) is 0 Å². The predicted octanol–water partition coefficient (Wildman–Crippen LogP) is -0.926. The van der Waals surface area contributed by atoms with Crippen LogP contribution in [0.1, 0.15) is 46.0 Å². The largest absolute Gasteiger partial charge is 0.480 e. The van der Waals surface area contributed by atoms with Crippen molar-refractivity contribution in [2.75, 3.05) is 18.8 Å². The quantitative estimate of drug-likeness (QED) is 0.167. The maximum absolute atomic E-state index is 13.1. The van der Waals surface area contributed by atoms with Gasteiger partial charge in [0.25, 0.3) is 0 Å². The number of likely N-dealkylation sites (tertiary alicyclic amines) is 1. The van der Waals surface area contributed by atoms with E-state index in [1.165, 1.54) is 4.90 Å². The molecular weight excluding hydrogens is 410 g/mol. The molecule has 30 heavy (non-hydrogen) atoms. The third kappa shape index (κ3) is 7.44. The number of unbranched alkanes of at least 4 members (excludes halogenated alkanes) is 1. The van der Waals surface area contributed by atoms with Crippen LogP contribution < -0.4 is 22.1 Å². The van der Waals surface area contributed by atoms with Crippen LogP contribution in [0.3, 0.4) is 0 Å². The van der Waals surface area contributed by atoms with E-state index in [9.17, 15) is 24.3 Å². The molecule has 4 atom stereocenters. The highest BCUT2D eigenvalue weighted by atomic mass is 32.1. The SMILES string of the molecule is CC(C)C(NC(=O)C(N)CS)C(=O)N1CCCC1C(=O)NC(CCCCN)C(=O)O. The van der Waals surface area contributed by atoms with Gasteiger partial charge in [-0.05, 0) is 44.6 Å². The minimum absolute atomic E-state index is 0.139. The van der Waals surface area contributed by atoms with Crippen LogP contribution in [-0.4, -0.2) is 76.7 Å². The normalized spacial score (nSPS) is 19.3. The van der Waals surface area contributed by atoms with Crippen LogP contribution >= 0.6 is 12.6 Å². The highest BCUT2D eigenvalue weighted by molar-refractivity contribution is 7.80. The lowest BCUT2D eigenvalue weighted by Gasteiger charge is -2.31. The van der Waals surface area contributed by atoms with Crippen molar-refractivity contribution in [3.8, 4) is 0 Å². The molecule has 1 aliphatic heterocycles. The first kappa shape index (κ1) is 26.2. The molecule has 0 saturated carbocycles. The number of hydrogen-bond donors (Lipinski definition) is 6. The van der Waals surface area contributed by atoms with Crippen molar-refractivity contribution < 1.29 is 24.3 Å². The molecule has 7 N–H and O–H groups in total. The van der Waals surface area contributed by atoms with Crippen LogP contribution in [0.15, 0.2) is 0 Å². The van der Waals surface area contributed by atoms with Gasteiger partial charge in [-0.25, -0.2) is 4.79 Å². The first-order valence-electron chi connectivity index (χ1n) is 10.3. The fourth-order valence-electron chi connectivity index (χ4n) is 3.36.